The zero-order chi connectivity index (χ0) is 16.2. The van der Waals surface area contributed by atoms with Crippen LogP contribution in [0.5, 0.6) is 5.75 Å². The number of hydrazine groups is 1. The van der Waals surface area contributed by atoms with Gasteiger partial charge in [-0.05, 0) is 18.2 Å². The minimum Gasteiger partial charge on any atom is -0.495 e. The van der Waals surface area contributed by atoms with Crippen LogP contribution in [0.3, 0.4) is 0 Å². The van der Waals surface area contributed by atoms with Crippen LogP contribution in [0.1, 0.15) is 24.2 Å². The van der Waals surface area contributed by atoms with Crippen LogP contribution in [-0.4, -0.2) is 32.5 Å². The monoisotopic (exact) mass is 316 g/mol. The van der Waals surface area contributed by atoms with Gasteiger partial charge in [-0.25, -0.2) is 13.2 Å². The lowest BCUT2D eigenvalue weighted by molar-refractivity contribution is -0.124. The van der Waals surface area contributed by atoms with Gasteiger partial charge in [0.2, 0.25) is 5.91 Å². The molecule has 0 aliphatic carbocycles. The Morgan fingerprint density at radius 1 is 1.29 bits per heavy atom. The van der Waals surface area contributed by atoms with Crippen molar-refractivity contribution in [3.63, 3.8) is 0 Å². The summed E-state index contributed by atoms with van der Waals surface area (Å²) in [5.41, 5.74) is 1.82. The van der Waals surface area contributed by atoms with E-state index in [4.69, 9.17) is 9.84 Å². The van der Waals surface area contributed by atoms with Gasteiger partial charge in [-0.3, -0.25) is 10.2 Å². The second-order valence-electron chi connectivity index (χ2n) is 4.42. The summed E-state index contributed by atoms with van der Waals surface area (Å²) >= 11 is 0. The summed E-state index contributed by atoms with van der Waals surface area (Å²) in [5.74, 6) is -2.25. The predicted octanol–water partition coefficient (Wildman–Crippen LogP) is 0.359. The van der Waals surface area contributed by atoms with E-state index >= 15 is 0 Å². The molecular formula is C12H16N2O6S. The molecule has 0 spiro atoms. The van der Waals surface area contributed by atoms with Gasteiger partial charge in [0.1, 0.15) is 10.6 Å². The fourth-order valence-corrected chi connectivity index (χ4v) is 2.38. The summed E-state index contributed by atoms with van der Waals surface area (Å²) in [7, 11) is -2.91. The molecule has 0 atom stereocenters. The molecule has 0 bridgehead atoms. The Balaban J connectivity index is 3.14. The summed E-state index contributed by atoms with van der Waals surface area (Å²) in [5, 5.41) is 8.90. The van der Waals surface area contributed by atoms with Crippen molar-refractivity contribution in [2.24, 2.45) is 5.92 Å². The van der Waals surface area contributed by atoms with Crippen LogP contribution >= 0.6 is 0 Å². The van der Waals surface area contributed by atoms with Crippen molar-refractivity contribution in [2.45, 2.75) is 18.7 Å². The Kier molecular flexibility index (Phi) is 5.28. The predicted molar refractivity (Wildman–Crippen MR) is 73.3 cm³/mol. The van der Waals surface area contributed by atoms with Gasteiger partial charge in [0.25, 0.3) is 10.0 Å². The zero-order valence-corrected chi connectivity index (χ0v) is 12.5. The van der Waals surface area contributed by atoms with Gasteiger partial charge >= 0.3 is 5.97 Å². The number of carbonyl (C=O) groups is 2. The smallest absolute Gasteiger partial charge is 0.335 e. The number of amides is 1. The van der Waals surface area contributed by atoms with Crippen molar-refractivity contribution >= 4 is 21.9 Å². The maximum absolute atomic E-state index is 12.1. The van der Waals surface area contributed by atoms with E-state index < -0.39 is 27.8 Å². The molecule has 1 amide bonds. The molecule has 0 unspecified atom stereocenters. The second kappa shape index (κ2) is 6.55. The topological polar surface area (TPSA) is 122 Å². The minimum atomic E-state index is -4.16. The molecule has 1 aromatic carbocycles. The number of aromatic carboxylic acids is 1. The van der Waals surface area contributed by atoms with Crippen LogP contribution in [0.25, 0.3) is 0 Å². The Labute approximate surface area is 122 Å². The Morgan fingerprint density at radius 2 is 1.90 bits per heavy atom. The quantitative estimate of drug-likeness (QED) is 0.651. The van der Waals surface area contributed by atoms with Crippen LogP contribution in [0.4, 0.5) is 0 Å². The highest BCUT2D eigenvalue weighted by Gasteiger charge is 2.22. The third kappa shape index (κ3) is 4.17. The van der Waals surface area contributed by atoms with Crippen LogP contribution in [-0.2, 0) is 14.8 Å². The van der Waals surface area contributed by atoms with Crippen molar-refractivity contribution in [2.75, 3.05) is 7.11 Å². The number of ether oxygens (including phenoxy) is 1. The maximum atomic E-state index is 12.1. The fourth-order valence-electron chi connectivity index (χ4n) is 1.34. The molecule has 0 fully saturated rings. The molecule has 116 valence electrons. The Hall–Kier alpha value is -2.13. The number of sulfonamides is 1. The average molecular weight is 316 g/mol. The molecule has 0 aliphatic rings. The molecule has 0 aliphatic heterocycles. The maximum Gasteiger partial charge on any atom is 0.335 e. The van der Waals surface area contributed by atoms with E-state index in [2.05, 4.69) is 0 Å². The van der Waals surface area contributed by atoms with Gasteiger partial charge in [-0.15, -0.1) is 4.83 Å². The number of methoxy groups -OCH3 is 1. The van der Waals surface area contributed by atoms with Crippen LogP contribution in [0.15, 0.2) is 23.1 Å². The molecule has 21 heavy (non-hydrogen) atoms. The highest BCUT2D eigenvalue weighted by atomic mass is 32.2. The Bertz CT molecular complexity index is 654. The molecular weight excluding hydrogens is 300 g/mol. The lowest BCUT2D eigenvalue weighted by Gasteiger charge is -2.13. The molecule has 0 aromatic heterocycles. The van der Waals surface area contributed by atoms with Gasteiger partial charge in [0, 0.05) is 5.92 Å². The number of rotatable bonds is 6. The van der Waals surface area contributed by atoms with Crippen molar-refractivity contribution in [1.29, 1.82) is 0 Å². The molecule has 1 rings (SSSR count). The van der Waals surface area contributed by atoms with Gasteiger partial charge in [-0.1, -0.05) is 13.8 Å². The van der Waals surface area contributed by atoms with E-state index in [0.717, 1.165) is 6.07 Å². The fraction of sp³-hybridized carbons (Fsp3) is 0.333. The third-order valence-corrected chi connectivity index (χ3v) is 3.80. The van der Waals surface area contributed by atoms with Gasteiger partial charge in [0.15, 0.2) is 0 Å². The molecule has 3 N–H and O–H groups in total. The second-order valence-corrected chi connectivity index (χ2v) is 6.07. The largest absolute Gasteiger partial charge is 0.495 e. The lowest BCUT2D eigenvalue weighted by atomic mass is 10.2. The molecule has 0 radical (unpaired) electrons. The number of carboxylic acid groups (broad SMARTS) is 1. The van der Waals surface area contributed by atoms with Gasteiger partial charge in [0.05, 0.1) is 12.7 Å². The van der Waals surface area contributed by atoms with E-state index in [9.17, 15) is 18.0 Å². The summed E-state index contributed by atoms with van der Waals surface area (Å²) in [4.78, 5) is 23.8. The highest BCUT2D eigenvalue weighted by Crippen LogP contribution is 2.24. The number of carboxylic acids is 1. The Morgan fingerprint density at radius 3 is 2.38 bits per heavy atom. The number of nitrogens with one attached hydrogen (secondary N) is 2. The first-order valence-corrected chi connectivity index (χ1v) is 7.40. The van der Waals surface area contributed by atoms with Gasteiger partial charge in [-0.2, -0.15) is 0 Å². The van der Waals surface area contributed by atoms with E-state index in [1.54, 1.807) is 13.8 Å². The van der Waals surface area contributed by atoms with E-state index in [1.165, 1.54) is 19.2 Å². The third-order valence-electron chi connectivity index (χ3n) is 2.53. The van der Waals surface area contributed by atoms with Crippen LogP contribution in [0.2, 0.25) is 0 Å². The SMILES string of the molecule is COc1ccc(C(=O)O)cc1S(=O)(=O)NNC(=O)C(C)C. The van der Waals surface area contributed by atoms with Crippen molar-refractivity contribution in [3.05, 3.63) is 23.8 Å². The summed E-state index contributed by atoms with van der Waals surface area (Å²) in [6.45, 7) is 3.19. The number of benzene rings is 1. The van der Waals surface area contributed by atoms with Crippen LogP contribution < -0.4 is 15.0 Å². The average Bonchev–Trinajstić information content (AvgIpc) is 2.43. The van der Waals surface area contributed by atoms with E-state index in [0.29, 0.717) is 0 Å². The zero-order valence-electron chi connectivity index (χ0n) is 11.7. The summed E-state index contributed by atoms with van der Waals surface area (Å²) in [6.07, 6.45) is 0. The standard InChI is InChI=1S/C12H16N2O6S/c1-7(2)11(15)13-14-21(18,19)10-6-8(12(16)17)4-5-9(10)20-3/h4-7,14H,1-3H3,(H,13,15)(H,16,17). The van der Waals surface area contributed by atoms with E-state index in [-0.39, 0.29) is 16.2 Å². The van der Waals surface area contributed by atoms with Gasteiger partial charge < -0.3 is 9.84 Å². The molecule has 1 aromatic rings. The molecule has 0 saturated heterocycles. The molecule has 8 nitrogen and oxygen atoms in total. The summed E-state index contributed by atoms with van der Waals surface area (Å²) in [6, 6.07) is 3.39. The minimum absolute atomic E-state index is 0.0358. The number of hydrogen-bond acceptors (Lipinski definition) is 5. The normalized spacial score (nSPS) is 11.2. The molecule has 0 heterocycles. The highest BCUT2D eigenvalue weighted by molar-refractivity contribution is 7.89. The van der Waals surface area contributed by atoms with Crippen LogP contribution in [0, 0.1) is 5.92 Å². The van der Waals surface area contributed by atoms with Crippen molar-refractivity contribution in [3.8, 4) is 5.75 Å². The van der Waals surface area contributed by atoms with E-state index in [1.807, 2.05) is 10.3 Å². The number of hydrogen-bond donors (Lipinski definition) is 3. The van der Waals surface area contributed by atoms with Crippen molar-refractivity contribution < 1.29 is 27.9 Å². The number of carbonyl (C=O) groups excluding carboxylic acids is 1. The molecule has 9 heteroatoms. The first-order valence-electron chi connectivity index (χ1n) is 5.92. The molecule has 0 saturated carbocycles. The first-order chi connectivity index (χ1) is 9.69. The van der Waals surface area contributed by atoms with Crippen molar-refractivity contribution in [1.82, 2.24) is 10.3 Å². The summed E-state index contributed by atoms with van der Waals surface area (Å²) < 4.78 is 29.1. The first kappa shape index (κ1) is 16.9. The lowest BCUT2D eigenvalue weighted by Crippen LogP contribution is -2.43.